The van der Waals surface area contributed by atoms with Crippen molar-refractivity contribution < 1.29 is 63.7 Å². The van der Waals surface area contributed by atoms with E-state index in [0.717, 1.165) is 6.08 Å². The Morgan fingerprint density at radius 1 is 0.932 bits per heavy atom. The SMILES string of the molecule is CO[C@H]1/C=C/O[C@@]2(C)Oc3c(C)c(O)c4c(c3C2=O)/C(=N/c2c(O)cc(Br)cc2O)C=C(NC(=O)/C(C)=C\C=C\[C@H](C)[C@H](O)[C@@H](C)[C@@H](O)[C@@H](C)[C@H](OC(C)=O)[C@@H]1C)C4=O. The van der Waals surface area contributed by atoms with Crippen LogP contribution in [0.2, 0.25) is 0 Å². The molecule has 2 aromatic rings. The number of phenolic OH excluding ortho intramolecular Hbond substituents is 3. The largest absolute Gasteiger partial charge is 0.507 e. The number of halogens is 1. The number of rotatable bonds is 3. The van der Waals surface area contributed by atoms with E-state index in [-0.39, 0.29) is 45.1 Å². The molecule has 59 heavy (non-hydrogen) atoms. The van der Waals surface area contributed by atoms with Crippen LogP contribution in [-0.4, -0.2) is 92.0 Å². The van der Waals surface area contributed by atoms with E-state index < -0.39 is 100 Å². The van der Waals surface area contributed by atoms with Crippen molar-refractivity contribution in [2.45, 2.75) is 85.6 Å². The van der Waals surface area contributed by atoms with E-state index >= 15 is 0 Å². The van der Waals surface area contributed by atoms with Gasteiger partial charge in [-0.1, -0.05) is 61.9 Å². The summed E-state index contributed by atoms with van der Waals surface area (Å²) in [6.45, 7) is 12.3. The van der Waals surface area contributed by atoms with Crippen LogP contribution in [0, 0.1) is 30.6 Å². The standard InChI is InChI=1S/C43H49BrN2O13/c1-18-11-10-12-19(2)42(55)46-27-17-26(45-34-28(48)15-25(44)16-29(34)49)31-32(38(27)53)37(52)23(6)40-33(31)41(54)43(8,59-40)57-14-13-30(56-9)20(3)39(58-24(7)47)22(5)36(51)21(4)35(18)50/h10-18,20-22,30,35-36,39,48-52H,1-9H3,(H,46,55)/b11-10+,14-13+,19-12-,45-26+/t18-,20+,21+,22+,30-,35-,36+,39+,43-/m0/s1. The minimum Gasteiger partial charge on any atom is -0.507 e. The fourth-order valence-corrected chi connectivity index (χ4v) is 7.96. The first-order chi connectivity index (χ1) is 27.6. The zero-order valence-corrected chi connectivity index (χ0v) is 35.7. The Kier molecular flexibility index (Phi) is 13.3. The smallest absolute Gasteiger partial charge is 0.312 e. The molecular weight excluding hydrogens is 832 g/mol. The number of hydrogen-bond acceptors (Lipinski definition) is 14. The van der Waals surface area contributed by atoms with E-state index in [2.05, 4.69) is 26.2 Å². The first-order valence-electron chi connectivity index (χ1n) is 18.9. The molecule has 6 N–H and O–H groups in total. The van der Waals surface area contributed by atoms with Gasteiger partial charge in [-0.15, -0.1) is 0 Å². The third kappa shape index (κ3) is 8.72. The number of amides is 1. The number of aliphatic imine (C=N–C) groups is 1. The van der Waals surface area contributed by atoms with Crippen molar-refractivity contribution in [1.29, 1.82) is 0 Å². The van der Waals surface area contributed by atoms with E-state index in [9.17, 15) is 44.7 Å². The van der Waals surface area contributed by atoms with Crippen LogP contribution in [0.25, 0.3) is 0 Å². The lowest BCUT2D eigenvalue weighted by molar-refractivity contribution is -0.160. The minimum atomic E-state index is -2.09. The summed E-state index contributed by atoms with van der Waals surface area (Å²) in [5, 5.41) is 58.6. The molecule has 0 aromatic heterocycles. The molecule has 4 aliphatic rings. The number of Topliss-reactive ketones (excluding diaryl/α,β-unsaturated/α-hetero) is 2. The number of carbonyl (C=O) groups is 4. The summed E-state index contributed by atoms with van der Waals surface area (Å²) in [5.74, 6) is -9.33. The van der Waals surface area contributed by atoms with Crippen LogP contribution in [0.1, 0.15) is 80.3 Å². The van der Waals surface area contributed by atoms with Gasteiger partial charge in [0, 0.05) is 65.8 Å². The van der Waals surface area contributed by atoms with Crippen molar-refractivity contribution in [1.82, 2.24) is 5.32 Å². The predicted octanol–water partition coefficient (Wildman–Crippen LogP) is 5.74. The van der Waals surface area contributed by atoms with Crippen molar-refractivity contribution >= 4 is 50.8 Å². The molecule has 1 aliphatic carbocycles. The van der Waals surface area contributed by atoms with Crippen LogP contribution in [-0.2, 0) is 23.8 Å². The first kappa shape index (κ1) is 44.8. The number of fused-ring (bicyclic) bond motifs is 14. The number of nitrogens with zero attached hydrogens (tertiary/aromatic N) is 1. The molecule has 9 atom stereocenters. The Labute approximate surface area is 349 Å². The second kappa shape index (κ2) is 17.5. The predicted molar refractivity (Wildman–Crippen MR) is 219 cm³/mol. The summed E-state index contributed by atoms with van der Waals surface area (Å²) in [7, 11) is 1.42. The number of aliphatic hydroxyl groups is 2. The highest BCUT2D eigenvalue weighted by molar-refractivity contribution is 9.10. The van der Waals surface area contributed by atoms with Crippen molar-refractivity contribution in [3.63, 3.8) is 0 Å². The lowest BCUT2D eigenvalue weighted by atomic mass is 9.78. The maximum absolute atomic E-state index is 14.5. The van der Waals surface area contributed by atoms with Crippen molar-refractivity contribution in [2.75, 3.05) is 7.11 Å². The molecule has 5 bridgehead atoms. The summed E-state index contributed by atoms with van der Waals surface area (Å²) in [6.07, 6.45) is 4.46. The number of benzene rings is 2. The molecule has 0 radical (unpaired) electrons. The van der Waals surface area contributed by atoms with Crippen LogP contribution in [0.15, 0.2) is 69.5 Å². The molecule has 0 unspecified atom stereocenters. The molecule has 0 fully saturated rings. The van der Waals surface area contributed by atoms with E-state index in [1.807, 2.05) is 0 Å². The molecule has 15 nitrogen and oxygen atoms in total. The van der Waals surface area contributed by atoms with Gasteiger partial charge in [0.05, 0.1) is 47.1 Å². The topological polar surface area (TPSA) is 231 Å². The number of ether oxygens (including phenoxy) is 4. The van der Waals surface area contributed by atoms with Gasteiger partial charge >= 0.3 is 11.8 Å². The number of aliphatic hydroxyl groups excluding tert-OH is 2. The normalized spacial score (nSPS) is 31.7. The van der Waals surface area contributed by atoms with Crippen LogP contribution >= 0.6 is 15.9 Å². The van der Waals surface area contributed by atoms with Gasteiger partial charge in [0.25, 0.3) is 11.7 Å². The van der Waals surface area contributed by atoms with Gasteiger partial charge in [-0.2, -0.15) is 0 Å². The molecule has 0 saturated carbocycles. The van der Waals surface area contributed by atoms with E-state index in [4.69, 9.17) is 18.9 Å². The second-order valence-corrected chi connectivity index (χ2v) is 16.2. The maximum Gasteiger partial charge on any atom is 0.312 e. The summed E-state index contributed by atoms with van der Waals surface area (Å²) in [5.41, 5.74) is -1.59. The maximum atomic E-state index is 14.5. The Balaban J connectivity index is 1.72. The third-order valence-electron chi connectivity index (χ3n) is 11.1. The number of aromatic hydroxyl groups is 3. The molecule has 3 heterocycles. The Hall–Kier alpha value is -5.29. The van der Waals surface area contributed by atoms with Gasteiger partial charge in [0.15, 0.2) is 0 Å². The van der Waals surface area contributed by atoms with Gasteiger partial charge in [-0.05, 0) is 38.1 Å². The number of carbonyl (C=O) groups excluding carboxylic acids is 4. The zero-order chi connectivity index (χ0) is 43.8. The Morgan fingerprint density at radius 2 is 1.58 bits per heavy atom. The number of esters is 1. The van der Waals surface area contributed by atoms with Gasteiger partial charge in [0.1, 0.15) is 34.8 Å². The number of allylic oxidation sites excluding steroid dienone is 4. The highest BCUT2D eigenvalue weighted by Gasteiger charge is 2.51. The minimum absolute atomic E-state index is 0.00422. The summed E-state index contributed by atoms with van der Waals surface area (Å²) >= 11 is 3.19. The molecule has 2 aromatic carbocycles. The Morgan fingerprint density at radius 3 is 2.19 bits per heavy atom. The van der Waals surface area contributed by atoms with Crippen LogP contribution in [0.3, 0.4) is 0 Å². The second-order valence-electron chi connectivity index (χ2n) is 15.3. The summed E-state index contributed by atoms with van der Waals surface area (Å²) in [4.78, 5) is 59.1. The molecule has 6 rings (SSSR count). The fourth-order valence-electron chi connectivity index (χ4n) is 7.53. The van der Waals surface area contributed by atoms with Gasteiger partial charge in [-0.25, -0.2) is 4.99 Å². The van der Waals surface area contributed by atoms with Gasteiger partial charge in [0.2, 0.25) is 5.78 Å². The molecule has 16 heteroatoms. The third-order valence-corrected chi connectivity index (χ3v) is 11.5. The highest BCUT2D eigenvalue weighted by atomic mass is 79.9. The molecule has 1 amide bonds. The monoisotopic (exact) mass is 880 g/mol. The number of phenols is 3. The fraction of sp³-hybridized carbons (Fsp3) is 0.419. The average molecular weight is 882 g/mol. The van der Waals surface area contributed by atoms with E-state index in [1.54, 1.807) is 39.8 Å². The number of ketones is 2. The van der Waals surface area contributed by atoms with Crippen LogP contribution < -0.4 is 10.1 Å². The van der Waals surface area contributed by atoms with Crippen molar-refractivity contribution in [2.24, 2.45) is 28.7 Å². The highest BCUT2D eigenvalue weighted by Crippen LogP contribution is 2.49. The van der Waals surface area contributed by atoms with E-state index in [0.29, 0.717) is 4.47 Å². The van der Waals surface area contributed by atoms with Crippen molar-refractivity contribution in [3.8, 4) is 23.0 Å². The Bertz CT molecular complexity index is 2200. The number of hydrogen-bond donors (Lipinski definition) is 6. The zero-order valence-electron chi connectivity index (χ0n) is 34.1. The van der Waals surface area contributed by atoms with E-state index in [1.165, 1.54) is 65.4 Å². The molecule has 0 saturated heterocycles. The quantitative estimate of drug-likeness (QED) is 0.202. The molecule has 3 aliphatic heterocycles. The van der Waals surface area contributed by atoms with Crippen LogP contribution in [0.4, 0.5) is 5.69 Å². The lowest BCUT2D eigenvalue weighted by Gasteiger charge is -2.38. The van der Waals surface area contributed by atoms with Gasteiger partial charge < -0.3 is 49.8 Å². The molecule has 0 spiro atoms. The van der Waals surface area contributed by atoms with Crippen LogP contribution in [0.5, 0.6) is 23.0 Å². The number of methoxy groups -OCH3 is 1. The average Bonchev–Trinajstić information content (AvgIpc) is 3.44. The lowest BCUT2D eigenvalue weighted by Crippen LogP contribution is -2.46. The number of nitrogens with one attached hydrogen (secondary N) is 1. The van der Waals surface area contributed by atoms with Crippen molar-refractivity contribution in [3.05, 3.63) is 86.8 Å². The first-order valence-corrected chi connectivity index (χ1v) is 19.7. The summed E-state index contributed by atoms with van der Waals surface area (Å²) in [6, 6.07) is 2.53. The molecule has 316 valence electrons. The molecular formula is C43H49BrN2O13. The van der Waals surface area contributed by atoms with Gasteiger partial charge in [-0.3, -0.25) is 19.2 Å². The summed E-state index contributed by atoms with van der Waals surface area (Å²) < 4.78 is 23.9.